The molecule has 2 aliphatic carbocycles. The number of amides is 1. The minimum absolute atomic E-state index is 0.0581. The van der Waals surface area contributed by atoms with Crippen LogP contribution in [-0.2, 0) is 18.4 Å². The first-order valence-electron chi connectivity index (χ1n) is 13.0. The number of allylic oxidation sites excluding steroid dienone is 3. The number of para-hydroxylation sites is 1. The maximum Gasteiger partial charge on any atom is 0.331 e. The third-order valence-electron chi connectivity index (χ3n) is 8.10. The Balaban J connectivity index is 1.17. The predicted molar refractivity (Wildman–Crippen MR) is 138 cm³/mol. The molecule has 1 atom stereocenters. The van der Waals surface area contributed by atoms with Crippen molar-refractivity contribution in [3.05, 3.63) is 69.0 Å². The largest absolute Gasteiger partial charge is 0.368 e. The lowest BCUT2D eigenvalue weighted by Gasteiger charge is -2.39. The number of hydrogen-bond acceptors (Lipinski definition) is 4. The van der Waals surface area contributed by atoms with E-state index in [9.17, 15) is 14.4 Å². The summed E-state index contributed by atoms with van der Waals surface area (Å²) in [6.45, 7) is 6.00. The molecular weight excluding hydrogens is 440 g/mol. The van der Waals surface area contributed by atoms with E-state index in [-0.39, 0.29) is 29.0 Å². The van der Waals surface area contributed by atoms with Crippen molar-refractivity contribution in [3.8, 4) is 0 Å². The lowest BCUT2D eigenvalue weighted by atomic mass is 9.81. The molecule has 1 aromatic heterocycles. The molecule has 1 unspecified atom stereocenters. The second kappa shape index (κ2) is 9.88. The SMILES string of the molecule is CC1C=C(N2CCN(C(=O)C3CCC(Cn4c(=O)c5ccccc5n(C)c4=O)CC3)CC2)C=CC1. The van der Waals surface area contributed by atoms with Crippen LogP contribution in [0.5, 0.6) is 0 Å². The van der Waals surface area contributed by atoms with Gasteiger partial charge in [-0.05, 0) is 62.1 Å². The quantitative estimate of drug-likeness (QED) is 0.680. The molecule has 1 aromatic carbocycles. The van der Waals surface area contributed by atoms with Crippen LogP contribution in [0.25, 0.3) is 10.9 Å². The molecule has 5 rings (SSSR count). The monoisotopic (exact) mass is 476 g/mol. The van der Waals surface area contributed by atoms with E-state index in [2.05, 4.69) is 30.1 Å². The number of hydrogen-bond donors (Lipinski definition) is 0. The van der Waals surface area contributed by atoms with E-state index in [1.165, 1.54) is 10.3 Å². The van der Waals surface area contributed by atoms with E-state index >= 15 is 0 Å². The summed E-state index contributed by atoms with van der Waals surface area (Å²) in [6, 6.07) is 7.26. The molecule has 1 saturated carbocycles. The van der Waals surface area contributed by atoms with Crippen molar-refractivity contribution in [3.63, 3.8) is 0 Å². The third kappa shape index (κ3) is 4.73. The molecule has 2 fully saturated rings. The van der Waals surface area contributed by atoms with Gasteiger partial charge in [0.05, 0.1) is 10.9 Å². The number of benzene rings is 1. The van der Waals surface area contributed by atoms with E-state index in [0.717, 1.165) is 58.3 Å². The summed E-state index contributed by atoms with van der Waals surface area (Å²) >= 11 is 0. The van der Waals surface area contributed by atoms with Crippen molar-refractivity contribution in [1.29, 1.82) is 0 Å². The molecule has 7 nitrogen and oxygen atoms in total. The van der Waals surface area contributed by atoms with Gasteiger partial charge in [0.25, 0.3) is 5.56 Å². The van der Waals surface area contributed by atoms with Gasteiger partial charge in [-0.25, -0.2) is 4.79 Å². The topological polar surface area (TPSA) is 67.5 Å². The predicted octanol–water partition coefficient (Wildman–Crippen LogP) is 3.13. The smallest absolute Gasteiger partial charge is 0.331 e. The Labute approximate surface area is 206 Å². The van der Waals surface area contributed by atoms with Crippen molar-refractivity contribution < 1.29 is 4.79 Å². The van der Waals surface area contributed by atoms with E-state index in [1.807, 2.05) is 23.1 Å². The molecule has 0 radical (unpaired) electrons. The Kier molecular flexibility index (Phi) is 6.67. The molecule has 3 aliphatic rings. The Morgan fingerprint density at radius 1 is 1.00 bits per heavy atom. The van der Waals surface area contributed by atoms with Crippen LogP contribution in [0.4, 0.5) is 0 Å². The van der Waals surface area contributed by atoms with Crippen molar-refractivity contribution in [2.45, 2.75) is 45.6 Å². The van der Waals surface area contributed by atoms with Crippen molar-refractivity contribution in [2.75, 3.05) is 26.2 Å². The fourth-order valence-electron chi connectivity index (χ4n) is 5.95. The van der Waals surface area contributed by atoms with Crippen LogP contribution in [0.15, 0.2) is 57.8 Å². The molecule has 35 heavy (non-hydrogen) atoms. The zero-order chi connectivity index (χ0) is 24.5. The summed E-state index contributed by atoms with van der Waals surface area (Å²) in [5.74, 6) is 1.16. The molecule has 0 bridgehead atoms. The van der Waals surface area contributed by atoms with Crippen LogP contribution >= 0.6 is 0 Å². The van der Waals surface area contributed by atoms with Crippen LogP contribution in [0.3, 0.4) is 0 Å². The van der Waals surface area contributed by atoms with E-state index in [1.54, 1.807) is 17.7 Å². The standard InChI is InChI=1S/C28H36N4O3/c1-20-6-5-7-23(18-20)30-14-16-31(17-15-30)26(33)22-12-10-21(11-13-22)19-32-27(34)24-8-3-4-9-25(24)29(2)28(32)35/h3-5,7-9,18,20-22H,6,10-17,19H2,1-2H3. The first kappa shape index (κ1) is 23.6. The van der Waals surface area contributed by atoms with Crippen LogP contribution in [0.2, 0.25) is 0 Å². The Morgan fingerprint density at radius 2 is 1.71 bits per heavy atom. The highest BCUT2D eigenvalue weighted by molar-refractivity contribution is 5.79. The number of rotatable bonds is 4. The zero-order valence-corrected chi connectivity index (χ0v) is 20.9. The summed E-state index contributed by atoms with van der Waals surface area (Å²) in [5.41, 5.74) is 1.49. The van der Waals surface area contributed by atoms with E-state index in [0.29, 0.717) is 23.4 Å². The third-order valence-corrected chi connectivity index (χ3v) is 8.10. The summed E-state index contributed by atoms with van der Waals surface area (Å²) in [7, 11) is 1.72. The second-order valence-corrected chi connectivity index (χ2v) is 10.5. The van der Waals surface area contributed by atoms with E-state index in [4.69, 9.17) is 0 Å². The fourth-order valence-corrected chi connectivity index (χ4v) is 5.95. The van der Waals surface area contributed by atoms with Crippen LogP contribution in [-0.4, -0.2) is 51.0 Å². The Hall–Kier alpha value is -3.09. The number of carbonyl (C=O) groups is 1. The molecule has 1 amide bonds. The maximum absolute atomic E-state index is 13.2. The van der Waals surface area contributed by atoms with Gasteiger partial charge in [0, 0.05) is 51.4 Å². The van der Waals surface area contributed by atoms with Crippen LogP contribution in [0, 0.1) is 17.8 Å². The number of fused-ring (bicyclic) bond motifs is 1. The van der Waals surface area contributed by atoms with Gasteiger partial charge >= 0.3 is 5.69 Å². The Bertz CT molecular complexity index is 1270. The highest BCUT2D eigenvalue weighted by Gasteiger charge is 2.32. The van der Waals surface area contributed by atoms with E-state index < -0.39 is 0 Å². The highest BCUT2D eigenvalue weighted by atomic mass is 16.2. The van der Waals surface area contributed by atoms with Crippen LogP contribution < -0.4 is 11.2 Å². The maximum atomic E-state index is 13.2. The van der Waals surface area contributed by atoms with Crippen molar-refractivity contribution in [2.24, 2.45) is 24.8 Å². The molecule has 186 valence electrons. The van der Waals surface area contributed by atoms with Crippen LogP contribution in [0.1, 0.15) is 39.0 Å². The molecule has 2 heterocycles. The highest BCUT2D eigenvalue weighted by Crippen LogP contribution is 2.31. The summed E-state index contributed by atoms with van der Waals surface area (Å²) in [6.07, 6.45) is 11.3. The molecule has 1 saturated heterocycles. The normalized spacial score (nSPS) is 25.1. The fraction of sp³-hybridized carbons (Fsp3) is 0.536. The van der Waals surface area contributed by atoms with Gasteiger partial charge in [-0.3, -0.25) is 18.7 Å². The first-order valence-corrected chi connectivity index (χ1v) is 13.0. The lowest BCUT2D eigenvalue weighted by Crippen LogP contribution is -2.50. The van der Waals surface area contributed by atoms with Gasteiger partial charge in [0.2, 0.25) is 5.91 Å². The average Bonchev–Trinajstić information content (AvgIpc) is 2.90. The minimum Gasteiger partial charge on any atom is -0.368 e. The molecule has 0 spiro atoms. The minimum atomic E-state index is -0.262. The van der Waals surface area contributed by atoms with Crippen molar-refractivity contribution >= 4 is 16.8 Å². The zero-order valence-electron chi connectivity index (χ0n) is 20.9. The Morgan fingerprint density at radius 3 is 2.43 bits per heavy atom. The molecule has 0 N–H and O–H groups in total. The second-order valence-electron chi connectivity index (χ2n) is 10.5. The number of aryl methyl sites for hydroxylation is 1. The van der Waals surface area contributed by atoms with Gasteiger partial charge in [-0.1, -0.05) is 31.2 Å². The van der Waals surface area contributed by atoms with Gasteiger partial charge in [-0.15, -0.1) is 0 Å². The number of carbonyl (C=O) groups excluding carboxylic acids is 1. The molecule has 7 heteroatoms. The number of nitrogens with zero attached hydrogens (tertiary/aromatic N) is 4. The summed E-state index contributed by atoms with van der Waals surface area (Å²) in [4.78, 5) is 43.5. The van der Waals surface area contributed by atoms with Gasteiger partial charge in [0.15, 0.2) is 0 Å². The summed E-state index contributed by atoms with van der Waals surface area (Å²) in [5, 5.41) is 0.576. The molecule has 1 aliphatic heterocycles. The number of aromatic nitrogens is 2. The van der Waals surface area contributed by atoms with Gasteiger partial charge < -0.3 is 9.80 Å². The molecule has 2 aromatic rings. The van der Waals surface area contributed by atoms with Gasteiger partial charge in [-0.2, -0.15) is 0 Å². The molecular formula is C28H36N4O3. The first-order chi connectivity index (χ1) is 16.9. The average molecular weight is 477 g/mol. The number of piperazine rings is 1. The lowest BCUT2D eigenvalue weighted by molar-refractivity contribution is -0.138. The van der Waals surface area contributed by atoms with Crippen molar-refractivity contribution in [1.82, 2.24) is 18.9 Å². The van der Waals surface area contributed by atoms with Gasteiger partial charge in [0.1, 0.15) is 0 Å². The summed E-state index contributed by atoms with van der Waals surface area (Å²) < 4.78 is 2.95.